The minimum absolute atomic E-state index is 0.265. The van der Waals surface area contributed by atoms with Gasteiger partial charge in [-0.3, -0.25) is 0 Å². The Hall–Kier alpha value is -0.290. The van der Waals surface area contributed by atoms with Crippen LogP contribution in [-0.4, -0.2) is 30.5 Å². The molecule has 1 rings (SSSR count). The first-order valence-corrected chi connectivity index (χ1v) is 2.97. The molecule has 60 valence electrons. The molecule has 0 aromatic heterocycles. The first-order chi connectivity index (χ1) is 4.52. The zero-order valence-electron chi connectivity index (χ0n) is 5.15. The fraction of sp³-hybridized carbons (Fsp3) is 1.00. The van der Waals surface area contributed by atoms with Crippen molar-refractivity contribution in [1.29, 1.82) is 0 Å². The average Bonchev–Trinajstić information content (AvgIpc) is 1.57. The molecule has 0 aromatic carbocycles. The Balaban J connectivity index is 2.39. The third kappa shape index (κ3) is 1.41. The Morgan fingerprint density at radius 3 is 2.00 bits per heavy atom. The molecule has 0 bridgehead atoms. The highest BCUT2D eigenvalue weighted by atomic mass is 19.4. The highest BCUT2D eigenvalue weighted by Gasteiger charge is 2.45. The summed E-state index contributed by atoms with van der Waals surface area (Å²) in [6.45, 7) is 0.529. The maximum absolute atomic E-state index is 11.6. The summed E-state index contributed by atoms with van der Waals surface area (Å²) in [5.41, 5.74) is 0. The Kier molecular flexibility index (Phi) is 1.87. The SMILES string of the molecule is OC(C1CNC1)C(F)(F)F. The molecule has 0 aromatic rings. The predicted molar refractivity (Wildman–Crippen MR) is 28.4 cm³/mol. The van der Waals surface area contributed by atoms with E-state index in [0.717, 1.165) is 0 Å². The quantitative estimate of drug-likeness (QED) is 0.564. The van der Waals surface area contributed by atoms with E-state index >= 15 is 0 Å². The number of aliphatic hydroxyl groups is 1. The van der Waals surface area contributed by atoms with Crippen LogP contribution in [0.3, 0.4) is 0 Å². The highest BCUT2D eigenvalue weighted by Crippen LogP contribution is 2.27. The molecule has 0 spiro atoms. The lowest BCUT2D eigenvalue weighted by molar-refractivity contribution is -0.223. The van der Waals surface area contributed by atoms with Gasteiger partial charge in [0.15, 0.2) is 6.10 Å². The summed E-state index contributed by atoms with van der Waals surface area (Å²) in [6.07, 6.45) is -6.60. The highest BCUT2D eigenvalue weighted by molar-refractivity contribution is 4.85. The Bertz CT molecular complexity index is 121. The van der Waals surface area contributed by atoms with Gasteiger partial charge in [-0.15, -0.1) is 0 Å². The van der Waals surface area contributed by atoms with Gasteiger partial charge in [0, 0.05) is 19.0 Å². The molecule has 1 saturated heterocycles. The molecule has 0 radical (unpaired) electrons. The minimum Gasteiger partial charge on any atom is -0.383 e. The van der Waals surface area contributed by atoms with E-state index in [2.05, 4.69) is 5.32 Å². The first-order valence-electron chi connectivity index (χ1n) is 2.97. The number of halogens is 3. The predicted octanol–water partition coefficient (Wildman–Crippen LogP) is 0.129. The monoisotopic (exact) mass is 155 g/mol. The Morgan fingerprint density at radius 2 is 1.90 bits per heavy atom. The summed E-state index contributed by atoms with van der Waals surface area (Å²) < 4.78 is 34.9. The van der Waals surface area contributed by atoms with Gasteiger partial charge < -0.3 is 10.4 Å². The molecule has 0 aliphatic carbocycles. The van der Waals surface area contributed by atoms with Gasteiger partial charge in [-0.25, -0.2) is 0 Å². The molecule has 10 heavy (non-hydrogen) atoms. The largest absolute Gasteiger partial charge is 0.414 e. The third-order valence-corrected chi connectivity index (χ3v) is 1.59. The van der Waals surface area contributed by atoms with Crippen molar-refractivity contribution >= 4 is 0 Å². The molecule has 1 heterocycles. The second-order valence-electron chi connectivity index (χ2n) is 2.40. The smallest absolute Gasteiger partial charge is 0.383 e. The maximum atomic E-state index is 11.6. The average molecular weight is 155 g/mol. The van der Waals surface area contributed by atoms with Gasteiger partial charge in [0.1, 0.15) is 0 Å². The number of hydrogen-bond acceptors (Lipinski definition) is 2. The lowest BCUT2D eigenvalue weighted by Crippen LogP contribution is -2.53. The fourth-order valence-electron chi connectivity index (χ4n) is 0.802. The molecule has 0 amide bonds. The van der Waals surface area contributed by atoms with E-state index in [0.29, 0.717) is 0 Å². The lowest BCUT2D eigenvalue weighted by atomic mass is 9.96. The van der Waals surface area contributed by atoms with Crippen molar-refractivity contribution in [2.75, 3.05) is 13.1 Å². The van der Waals surface area contributed by atoms with Crippen LogP contribution in [0.1, 0.15) is 0 Å². The Morgan fingerprint density at radius 1 is 1.40 bits per heavy atom. The van der Waals surface area contributed by atoms with Gasteiger partial charge in [0.25, 0.3) is 0 Å². The van der Waals surface area contributed by atoms with E-state index in [1.54, 1.807) is 0 Å². The number of nitrogens with one attached hydrogen (secondary N) is 1. The summed E-state index contributed by atoms with van der Waals surface area (Å²) in [7, 11) is 0. The van der Waals surface area contributed by atoms with E-state index in [4.69, 9.17) is 5.11 Å². The number of aliphatic hydroxyl groups excluding tert-OH is 1. The molecule has 2 nitrogen and oxygen atoms in total. The maximum Gasteiger partial charge on any atom is 0.414 e. The van der Waals surface area contributed by atoms with E-state index < -0.39 is 18.2 Å². The zero-order chi connectivity index (χ0) is 7.78. The molecule has 0 saturated carbocycles. The summed E-state index contributed by atoms with van der Waals surface area (Å²) in [6, 6.07) is 0. The van der Waals surface area contributed by atoms with Crippen molar-refractivity contribution in [2.45, 2.75) is 12.3 Å². The van der Waals surface area contributed by atoms with Crippen LogP contribution in [0.5, 0.6) is 0 Å². The summed E-state index contributed by atoms with van der Waals surface area (Å²) in [5, 5.41) is 11.2. The van der Waals surface area contributed by atoms with Gasteiger partial charge in [-0.05, 0) is 0 Å². The van der Waals surface area contributed by atoms with Crippen molar-refractivity contribution in [2.24, 2.45) is 5.92 Å². The van der Waals surface area contributed by atoms with E-state index in [9.17, 15) is 13.2 Å². The van der Waals surface area contributed by atoms with Crippen LogP contribution in [0.25, 0.3) is 0 Å². The van der Waals surface area contributed by atoms with Crippen LogP contribution in [0.4, 0.5) is 13.2 Å². The molecule has 1 fully saturated rings. The summed E-state index contributed by atoms with van der Waals surface area (Å²) in [5.74, 6) is -0.639. The van der Waals surface area contributed by atoms with Crippen molar-refractivity contribution in [3.8, 4) is 0 Å². The lowest BCUT2D eigenvalue weighted by Gasteiger charge is -2.32. The molecular weight excluding hydrogens is 147 g/mol. The van der Waals surface area contributed by atoms with Crippen LogP contribution >= 0.6 is 0 Å². The molecule has 1 unspecified atom stereocenters. The zero-order valence-corrected chi connectivity index (χ0v) is 5.15. The van der Waals surface area contributed by atoms with Gasteiger partial charge in [0.05, 0.1) is 0 Å². The molecule has 1 aliphatic heterocycles. The van der Waals surface area contributed by atoms with Crippen LogP contribution in [-0.2, 0) is 0 Å². The van der Waals surface area contributed by atoms with Gasteiger partial charge >= 0.3 is 6.18 Å². The van der Waals surface area contributed by atoms with Crippen molar-refractivity contribution < 1.29 is 18.3 Å². The van der Waals surface area contributed by atoms with E-state index in [-0.39, 0.29) is 13.1 Å². The molecule has 1 aliphatic rings. The minimum atomic E-state index is -4.45. The van der Waals surface area contributed by atoms with Crippen LogP contribution < -0.4 is 5.32 Å². The summed E-state index contributed by atoms with van der Waals surface area (Å²) in [4.78, 5) is 0. The number of rotatable bonds is 1. The second kappa shape index (κ2) is 2.39. The van der Waals surface area contributed by atoms with Crippen molar-refractivity contribution in [1.82, 2.24) is 5.32 Å². The van der Waals surface area contributed by atoms with Crippen molar-refractivity contribution in [3.63, 3.8) is 0 Å². The van der Waals surface area contributed by atoms with Gasteiger partial charge in [-0.1, -0.05) is 0 Å². The first kappa shape index (κ1) is 7.81. The topological polar surface area (TPSA) is 32.3 Å². The normalized spacial score (nSPS) is 24.0. The van der Waals surface area contributed by atoms with Crippen molar-refractivity contribution in [3.05, 3.63) is 0 Å². The Labute approximate surface area is 56.0 Å². The van der Waals surface area contributed by atoms with Gasteiger partial charge in [-0.2, -0.15) is 13.2 Å². The fourth-order valence-corrected chi connectivity index (χ4v) is 0.802. The van der Waals surface area contributed by atoms with Crippen LogP contribution in [0.2, 0.25) is 0 Å². The molecular formula is C5H8F3NO. The standard InChI is InChI=1S/C5H8F3NO/c6-5(7,8)4(10)3-1-9-2-3/h3-4,9-10H,1-2H2. The molecule has 1 atom stereocenters. The van der Waals surface area contributed by atoms with E-state index in [1.807, 2.05) is 0 Å². The third-order valence-electron chi connectivity index (χ3n) is 1.59. The van der Waals surface area contributed by atoms with Crippen LogP contribution in [0, 0.1) is 5.92 Å². The van der Waals surface area contributed by atoms with Crippen LogP contribution in [0.15, 0.2) is 0 Å². The summed E-state index contributed by atoms with van der Waals surface area (Å²) >= 11 is 0. The van der Waals surface area contributed by atoms with E-state index in [1.165, 1.54) is 0 Å². The molecule has 5 heteroatoms. The number of hydrogen-bond donors (Lipinski definition) is 2. The number of alkyl halides is 3. The molecule has 2 N–H and O–H groups in total. The van der Waals surface area contributed by atoms with Gasteiger partial charge in [0.2, 0.25) is 0 Å². The second-order valence-corrected chi connectivity index (χ2v) is 2.40.